The van der Waals surface area contributed by atoms with Gasteiger partial charge in [-0.15, -0.1) is 0 Å². The highest BCUT2D eigenvalue weighted by molar-refractivity contribution is 5.91. The van der Waals surface area contributed by atoms with Gasteiger partial charge in [0.2, 0.25) is 11.8 Å². The summed E-state index contributed by atoms with van der Waals surface area (Å²) in [5, 5.41) is 0. The van der Waals surface area contributed by atoms with Crippen molar-refractivity contribution in [2.24, 2.45) is 5.92 Å². The van der Waals surface area contributed by atoms with Gasteiger partial charge in [-0.25, -0.2) is 4.98 Å². The zero-order chi connectivity index (χ0) is 14.1. The molecule has 0 radical (unpaired) electrons. The van der Waals surface area contributed by atoms with E-state index in [9.17, 15) is 4.79 Å². The molecule has 1 aliphatic rings. The third-order valence-corrected chi connectivity index (χ3v) is 3.94. The van der Waals surface area contributed by atoms with Crippen LogP contribution in [0.1, 0.15) is 25.7 Å². The molecule has 0 saturated heterocycles. The minimum atomic E-state index is -0.00773. The highest BCUT2D eigenvalue weighted by Crippen LogP contribution is 2.34. The van der Waals surface area contributed by atoms with Gasteiger partial charge in [-0.1, -0.05) is 12.1 Å². The molecule has 3 rings (SSSR count). The van der Waals surface area contributed by atoms with E-state index < -0.39 is 0 Å². The van der Waals surface area contributed by atoms with Crippen LogP contribution in [0, 0.1) is 5.92 Å². The molecule has 2 aromatic rings. The largest absolute Gasteiger partial charge is 0.437 e. The lowest BCUT2D eigenvalue weighted by molar-refractivity contribution is -0.126. The number of amides is 1. The van der Waals surface area contributed by atoms with Crippen LogP contribution < -0.4 is 0 Å². The van der Waals surface area contributed by atoms with Crippen molar-refractivity contribution in [1.29, 1.82) is 0 Å². The Morgan fingerprint density at radius 1 is 1.45 bits per heavy atom. The van der Waals surface area contributed by atoms with E-state index in [-0.39, 0.29) is 5.91 Å². The van der Waals surface area contributed by atoms with Gasteiger partial charge in [-0.05, 0) is 37.8 Å². The molecule has 4 nitrogen and oxygen atoms in total. The average molecular weight is 270 g/mol. The Morgan fingerprint density at radius 2 is 2.20 bits per heavy atom. The first-order valence-electron chi connectivity index (χ1n) is 6.95. The number of benzene rings is 1. The van der Waals surface area contributed by atoms with E-state index in [1.165, 1.54) is 18.9 Å². The summed E-state index contributed by atoms with van der Waals surface area (Å²) < 4.78 is 5.55. The number of oxazole rings is 1. The van der Waals surface area contributed by atoms with Crippen molar-refractivity contribution in [3.8, 4) is 0 Å². The number of carbonyl (C=O) groups excluding carboxylic acids is 1. The maximum atomic E-state index is 12.1. The smallest absolute Gasteiger partial charge is 0.246 e. The normalized spacial score (nSPS) is 16.7. The van der Waals surface area contributed by atoms with Gasteiger partial charge in [-0.2, -0.15) is 0 Å². The van der Waals surface area contributed by atoms with Gasteiger partial charge in [0.05, 0.1) is 0 Å². The summed E-state index contributed by atoms with van der Waals surface area (Å²) in [6, 6.07) is 7.87. The van der Waals surface area contributed by atoms with Crippen LogP contribution in [0.15, 0.2) is 34.8 Å². The van der Waals surface area contributed by atoms with Crippen LogP contribution in [0.25, 0.3) is 17.2 Å². The first kappa shape index (κ1) is 12.9. The highest BCUT2D eigenvalue weighted by atomic mass is 16.3. The fourth-order valence-corrected chi connectivity index (χ4v) is 2.32. The lowest BCUT2D eigenvalue weighted by Crippen LogP contribution is -2.35. The number of carbonyl (C=O) groups is 1. The summed E-state index contributed by atoms with van der Waals surface area (Å²) in [7, 11) is 1.85. The molecule has 0 N–H and O–H groups in total. The second kappa shape index (κ2) is 5.12. The van der Waals surface area contributed by atoms with Crippen molar-refractivity contribution in [2.45, 2.75) is 25.8 Å². The van der Waals surface area contributed by atoms with Gasteiger partial charge in [0, 0.05) is 25.2 Å². The molecule has 0 aliphatic heterocycles. The Labute approximate surface area is 118 Å². The third kappa shape index (κ3) is 2.59. The van der Waals surface area contributed by atoms with E-state index in [1.54, 1.807) is 11.0 Å². The number of nitrogens with zero attached hydrogens (tertiary/aromatic N) is 2. The van der Waals surface area contributed by atoms with Gasteiger partial charge >= 0.3 is 0 Å². The molecule has 1 aromatic heterocycles. The molecular weight excluding hydrogens is 252 g/mol. The van der Waals surface area contributed by atoms with Crippen molar-refractivity contribution in [3.05, 3.63) is 36.2 Å². The van der Waals surface area contributed by atoms with E-state index in [2.05, 4.69) is 11.9 Å². The molecule has 1 aliphatic carbocycles. The molecule has 20 heavy (non-hydrogen) atoms. The Balaban J connectivity index is 1.70. The molecule has 1 atom stereocenters. The monoisotopic (exact) mass is 270 g/mol. The maximum absolute atomic E-state index is 12.1. The summed E-state index contributed by atoms with van der Waals surface area (Å²) in [4.78, 5) is 18.2. The topological polar surface area (TPSA) is 46.3 Å². The van der Waals surface area contributed by atoms with Crippen LogP contribution in [0.3, 0.4) is 0 Å². The van der Waals surface area contributed by atoms with Crippen molar-refractivity contribution < 1.29 is 9.21 Å². The SMILES string of the molecule is CC(C1CC1)N(C)C(=O)C=Cc1nc2ccccc2o1. The number of fused-ring (bicyclic) bond motifs is 1. The van der Waals surface area contributed by atoms with Crippen LogP contribution >= 0.6 is 0 Å². The van der Waals surface area contributed by atoms with Crippen molar-refractivity contribution in [2.75, 3.05) is 7.05 Å². The zero-order valence-corrected chi connectivity index (χ0v) is 11.7. The van der Waals surface area contributed by atoms with Gasteiger partial charge in [0.1, 0.15) is 5.52 Å². The molecule has 1 saturated carbocycles. The fraction of sp³-hybridized carbons (Fsp3) is 0.375. The highest BCUT2D eigenvalue weighted by Gasteiger charge is 2.31. The summed E-state index contributed by atoms with van der Waals surface area (Å²) in [6.45, 7) is 2.10. The number of hydrogen-bond acceptors (Lipinski definition) is 3. The van der Waals surface area contributed by atoms with E-state index in [0.29, 0.717) is 17.9 Å². The number of rotatable bonds is 4. The summed E-state index contributed by atoms with van der Waals surface area (Å²) in [5.74, 6) is 1.13. The Hall–Kier alpha value is -2.10. The van der Waals surface area contributed by atoms with Gasteiger partial charge in [-0.3, -0.25) is 4.79 Å². The van der Waals surface area contributed by atoms with Crippen molar-refractivity contribution >= 4 is 23.1 Å². The van der Waals surface area contributed by atoms with Crippen LogP contribution in [0.5, 0.6) is 0 Å². The number of hydrogen-bond donors (Lipinski definition) is 0. The molecule has 1 fully saturated rings. The van der Waals surface area contributed by atoms with Crippen LogP contribution in [0.2, 0.25) is 0 Å². The quantitative estimate of drug-likeness (QED) is 0.802. The molecule has 0 bridgehead atoms. The second-order valence-corrected chi connectivity index (χ2v) is 5.38. The predicted octanol–water partition coefficient (Wildman–Crippen LogP) is 3.10. The minimum absolute atomic E-state index is 0.00773. The van der Waals surface area contributed by atoms with Gasteiger partial charge in [0.15, 0.2) is 5.58 Å². The van der Waals surface area contributed by atoms with Crippen LogP contribution in [0.4, 0.5) is 0 Å². The Morgan fingerprint density at radius 3 is 2.90 bits per heavy atom. The number of aromatic nitrogens is 1. The average Bonchev–Trinajstić information content (AvgIpc) is 3.22. The van der Waals surface area contributed by atoms with Crippen LogP contribution in [-0.2, 0) is 4.79 Å². The molecule has 0 spiro atoms. The molecule has 1 unspecified atom stereocenters. The zero-order valence-electron chi connectivity index (χ0n) is 11.7. The van der Waals surface area contributed by atoms with Crippen molar-refractivity contribution in [1.82, 2.24) is 9.88 Å². The summed E-state index contributed by atoms with van der Waals surface area (Å²) in [6.07, 6.45) is 5.63. The fourth-order valence-electron chi connectivity index (χ4n) is 2.32. The number of para-hydroxylation sites is 2. The lowest BCUT2D eigenvalue weighted by atomic mass is 10.2. The second-order valence-electron chi connectivity index (χ2n) is 5.38. The van der Waals surface area contributed by atoms with Crippen molar-refractivity contribution in [3.63, 3.8) is 0 Å². The molecule has 104 valence electrons. The molecule has 4 heteroatoms. The first-order chi connectivity index (χ1) is 9.65. The maximum Gasteiger partial charge on any atom is 0.246 e. The van der Waals surface area contributed by atoms with Gasteiger partial charge < -0.3 is 9.32 Å². The van der Waals surface area contributed by atoms with E-state index in [0.717, 1.165) is 11.1 Å². The first-order valence-corrected chi connectivity index (χ1v) is 6.95. The summed E-state index contributed by atoms with van der Waals surface area (Å²) in [5.41, 5.74) is 1.54. The Bertz CT molecular complexity index is 622. The van der Waals surface area contributed by atoms with E-state index in [4.69, 9.17) is 4.42 Å². The van der Waals surface area contributed by atoms with E-state index >= 15 is 0 Å². The van der Waals surface area contributed by atoms with E-state index in [1.807, 2.05) is 31.3 Å². The molecule has 1 heterocycles. The minimum Gasteiger partial charge on any atom is -0.437 e. The van der Waals surface area contributed by atoms with Crippen LogP contribution in [-0.4, -0.2) is 28.9 Å². The standard InChI is InChI=1S/C16H18N2O2/c1-11(12-7-8-12)18(2)16(19)10-9-15-17-13-5-3-4-6-14(13)20-15/h3-6,9-12H,7-8H2,1-2H3. The molecular formula is C16H18N2O2. The van der Waals surface area contributed by atoms with Gasteiger partial charge in [0.25, 0.3) is 0 Å². The predicted molar refractivity (Wildman–Crippen MR) is 78.0 cm³/mol. The molecule has 1 aromatic carbocycles. The number of likely N-dealkylation sites (N-methyl/N-ethyl adjacent to an activating group) is 1. The molecule has 1 amide bonds. The Kier molecular flexibility index (Phi) is 3.30. The third-order valence-electron chi connectivity index (χ3n) is 3.94. The lowest BCUT2D eigenvalue weighted by Gasteiger charge is -2.23. The summed E-state index contributed by atoms with van der Waals surface area (Å²) >= 11 is 0.